The van der Waals surface area contributed by atoms with Gasteiger partial charge in [0, 0.05) is 0 Å². The molecule has 0 amide bonds. The molecule has 0 bridgehead atoms. The molecule has 19 heavy (non-hydrogen) atoms. The number of halogens is 3. The summed E-state index contributed by atoms with van der Waals surface area (Å²) in [5, 5.41) is 9.51. The first-order chi connectivity index (χ1) is 8.96. The van der Waals surface area contributed by atoms with Crippen molar-refractivity contribution in [1.29, 1.82) is 0 Å². The zero-order valence-electron chi connectivity index (χ0n) is 9.52. The molecule has 0 aliphatic carbocycles. The summed E-state index contributed by atoms with van der Waals surface area (Å²) in [4.78, 5) is 0. The largest absolute Gasteiger partial charge is 0.573 e. The average Bonchev–Trinajstić information content (AvgIpc) is 2.33. The molecular formula is C13H9F3O3. The summed E-state index contributed by atoms with van der Waals surface area (Å²) in [7, 11) is 0. The molecule has 0 spiro atoms. The summed E-state index contributed by atoms with van der Waals surface area (Å²) < 4.78 is 45.7. The predicted molar refractivity (Wildman–Crippen MR) is 61.3 cm³/mol. The van der Waals surface area contributed by atoms with Crippen molar-refractivity contribution in [2.75, 3.05) is 0 Å². The van der Waals surface area contributed by atoms with E-state index in [0.717, 1.165) is 6.07 Å². The standard InChI is InChI=1S/C13H9F3O3/c14-13(15,16)19-12-8-4-3-7-11(12)18-10-6-2-1-5-9(10)17/h1-8,17H. The highest BCUT2D eigenvalue weighted by molar-refractivity contribution is 5.46. The van der Waals surface area contributed by atoms with Crippen LogP contribution in [0.25, 0.3) is 0 Å². The fraction of sp³-hybridized carbons (Fsp3) is 0.0769. The highest BCUT2D eigenvalue weighted by Gasteiger charge is 2.32. The first kappa shape index (κ1) is 13.1. The van der Waals surface area contributed by atoms with Crippen LogP contribution >= 0.6 is 0 Å². The quantitative estimate of drug-likeness (QED) is 0.913. The maximum Gasteiger partial charge on any atom is 0.573 e. The van der Waals surface area contributed by atoms with Crippen LogP contribution in [0, 0.1) is 0 Å². The smallest absolute Gasteiger partial charge is 0.504 e. The van der Waals surface area contributed by atoms with Crippen LogP contribution in [-0.4, -0.2) is 11.5 Å². The average molecular weight is 270 g/mol. The number of hydrogen-bond acceptors (Lipinski definition) is 3. The molecule has 0 aromatic heterocycles. The number of benzene rings is 2. The summed E-state index contributed by atoms with van der Waals surface area (Å²) in [5.74, 6) is -0.746. The Balaban J connectivity index is 2.28. The fourth-order valence-electron chi connectivity index (χ4n) is 1.41. The van der Waals surface area contributed by atoms with Gasteiger partial charge in [-0.3, -0.25) is 0 Å². The van der Waals surface area contributed by atoms with Gasteiger partial charge < -0.3 is 14.6 Å². The van der Waals surface area contributed by atoms with Crippen molar-refractivity contribution >= 4 is 0 Å². The number of ether oxygens (including phenoxy) is 2. The molecule has 0 fully saturated rings. The monoisotopic (exact) mass is 270 g/mol. The minimum Gasteiger partial charge on any atom is -0.504 e. The van der Waals surface area contributed by atoms with Gasteiger partial charge in [0.1, 0.15) is 0 Å². The summed E-state index contributed by atoms with van der Waals surface area (Å²) in [6.45, 7) is 0. The summed E-state index contributed by atoms with van der Waals surface area (Å²) in [5.41, 5.74) is 0. The molecule has 1 N–H and O–H groups in total. The van der Waals surface area contributed by atoms with Crippen LogP contribution in [0.15, 0.2) is 48.5 Å². The highest BCUT2D eigenvalue weighted by atomic mass is 19.4. The van der Waals surface area contributed by atoms with Gasteiger partial charge in [-0.2, -0.15) is 0 Å². The van der Waals surface area contributed by atoms with E-state index in [1.807, 2.05) is 0 Å². The SMILES string of the molecule is Oc1ccccc1Oc1ccccc1OC(F)(F)F. The molecule has 100 valence electrons. The zero-order valence-corrected chi connectivity index (χ0v) is 9.52. The van der Waals surface area contributed by atoms with Crippen molar-refractivity contribution in [1.82, 2.24) is 0 Å². The normalized spacial score (nSPS) is 11.1. The number of aromatic hydroxyl groups is 1. The van der Waals surface area contributed by atoms with E-state index in [1.165, 1.54) is 30.3 Å². The van der Waals surface area contributed by atoms with E-state index in [1.54, 1.807) is 12.1 Å². The first-order valence-corrected chi connectivity index (χ1v) is 5.26. The Kier molecular flexibility index (Phi) is 3.50. The molecule has 0 heterocycles. The van der Waals surface area contributed by atoms with E-state index in [0.29, 0.717) is 0 Å². The molecule has 2 rings (SSSR count). The van der Waals surface area contributed by atoms with E-state index in [4.69, 9.17) is 4.74 Å². The molecule has 0 unspecified atom stereocenters. The van der Waals surface area contributed by atoms with Crippen molar-refractivity contribution < 1.29 is 27.8 Å². The lowest BCUT2D eigenvalue weighted by Gasteiger charge is -2.14. The molecule has 0 aliphatic heterocycles. The van der Waals surface area contributed by atoms with E-state index < -0.39 is 12.1 Å². The Labute approximate surface area is 106 Å². The van der Waals surface area contributed by atoms with Gasteiger partial charge in [-0.05, 0) is 24.3 Å². The van der Waals surface area contributed by atoms with Crippen LogP contribution in [0.2, 0.25) is 0 Å². The van der Waals surface area contributed by atoms with Crippen molar-refractivity contribution in [3.05, 3.63) is 48.5 Å². The number of phenolic OH excluding ortho intramolecular Hbond substituents is 1. The minimum absolute atomic E-state index is 0.0423. The molecule has 2 aromatic carbocycles. The first-order valence-electron chi connectivity index (χ1n) is 5.26. The van der Waals surface area contributed by atoms with Crippen LogP contribution in [0.5, 0.6) is 23.0 Å². The van der Waals surface area contributed by atoms with Crippen molar-refractivity contribution in [2.45, 2.75) is 6.36 Å². The Hall–Kier alpha value is -2.37. The Morgan fingerprint density at radius 1 is 0.789 bits per heavy atom. The molecule has 0 saturated heterocycles. The molecule has 6 heteroatoms. The van der Waals surface area contributed by atoms with Gasteiger partial charge in [-0.1, -0.05) is 24.3 Å². The van der Waals surface area contributed by atoms with Crippen LogP contribution in [-0.2, 0) is 0 Å². The van der Waals surface area contributed by atoms with E-state index >= 15 is 0 Å². The predicted octanol–water partition coefficient (Wildman–Crippen LogP) is 4.08. The second-order valence-electron chi connectivity index (χ2n) is 3.56. The second-order valence-corrected chi connectivity index (χ2v) is 3.56. The third-order valence-corrected chi connectivity index (χ3v) is 2.16. The Bertz CT molecular complexity index is 567. The number of phenols is 1. The topological polar surface area (TPSA) is 38.7 Å². The van der Waals surface area contributed by atoms with Gasteiger partial charge in [0.05, 0.1) is 0 Å². The van der Waals surface area contributed by atoms with E-state index in [-0.39, 0.29) is 17.2 Å². The Morgan fingerprint density at radius 3 is 1.89 bits per heavy atom. The molecule has 0 radical (unpaired) electrons. The molecule has 3 nitrogen and oxygen atoms in total. The number of rotatable bonds is 3. The summed E-state index contributed by atoms with van der Waals surface area (Å²) in [6.07, 6.45) is -4.81. The number of para-hydroxylation sites is 4. The number of alkyl halides is 3. The van der Waals surface area contributed by atoms with Gasteiger partial charge in [-0.15, -0.1) is 13.2 Å². The van der Waals surface area contributed by atoms with Crippen molar-refractivity contribution in [3.63, 3.8) is 0 Å². The van der Waals surface area contributed by atoms with E-state index in [2.05, 4.69) is 4.74 Å². The summed E-state index contributed by atoms with van der Waals surface area (Å²) in [6, 6.07) is 11.3. The maximum absolute atomic E-state index is 12.2. The lowest BCUT2D eigenvalue weighted by Crippen LogP contribution is -2.17. The van der Waals surface area contributed by atoms with E-state index in [9.17, 15) is 18.3 Å². The van der Waals surface area contributed by atoms with Gasteiger partial charge in [0.25, 0.3) is 0 Å². The van der Waals surface area contributed by atoms with Gasteiger partial charge >= 0.3 is 6.36 Å². The van der Waals surface area contributed by atoms with Gasteiger partial charge in [-0.25, -0.2) is 0 Å². The van der Waals surface area contributed by atoms with Crippen LogP contribution in [0.3, 0.4) is 0 Å². The molecule has 0 aliphatic rings. The van der Waals surface area contributed by atoms with Gasteiger partial charge in [0.2, 0.25) is 0 Å². The zero-order chi connectivity index (χ0) is 13.9. The lowest BCUT2D eigenvalue weighted by molar-refractivity contribution is -0.275. The molecule has 0 atom stereocenters. The highest BCUT2D eigenvalue weighted by Crippen LogP contribution is 2.37. The third kappa shape index (κ3) is 3.54. The van der Waals surface area contributed by atoms with Crippen molar-refractivity contribution in [2.24, 2.45) is 0 Å². The molecule has 2 aromatic rings. The second kappa shape index (κ2) is 5.09. The van der Waals surface area contributed by atoms with Gasteiger partial charge in [0.15, 0.2) is 23.0 Å². The summed E-state index contributed by atoms with van der Waals surface area (Å²) >= 11 is 0. The molecular weight excluding hydrogens is 261 g/mol. The van der Waals surface area contributed by atoms with Crippen molar-refractivity contribution in [3.8, 4) is 23.0 Å². The minimum atomic E-state index is -4.81. The lowest BCUT2D eigenvalue weighted by atomic mass is 10.3. The third-order valence-electron chi connectivity index (χ3n) is 2.16. The van der Waals surface area contributed by atoms with Crippen LogP contribution < -0.4 is 9.47 Å². The molecule has 0 saturated carbocycles. The Morgan fingerprint density at radius 2 is 1.32 bits per heavy atom. The van der Waals surface area contributed by atoms with Crippen LogP contribution in [0.1, 0.15) is 0 Å². The maximum atomic E-state index is 12.2. The van der Waals surface area contributed by atoms with Crippen LogP contribution in [0.4, 0.5) is 13.2 Å². The number of hydrogen-bond donors (Lipinski definition) is 1. The fourth-order valence-corrected chi connectivity index (χ4v) is 1.41.